The highest BCUT2D eigenvalue weighted by Crippen LogP contribution is 2.60. The quantitative estimate of drug-likeness (QED) is 0.882. The Bertz CT molecular complexity index is 906. The molecule has 2 aromatic heterocycles. The maximum Gasteiger partial charge on any atom is 0.287 e. The number of carbonyl (C=O) groups is 2. The highest BCUT2D eigenvalue weighted by Gasteiger charge is 2.57. The molecule has 148 valence electrons. The molecule has 1 N–H and O–H groups in total. The fraction of sp³-hybridized carbons (Fsp3) is 0.591. The van der Waals surface area contributed by atoms with Gasteiger partial charge in [0.05, 0.1) is 6.20 Å². The van der Waals surface area contributed by atoms with Crippen LogP contribution in [0.5, 0.6) is 0 Å². The molecule has 2 aromatic rings. The minimum atomic E-state index is -0.165. The van der Waals surface area contributed by atoms with Crippen LogP contribution in [0.1, 0.15) is 50.1 Å². The van der Waals surface area contributed by atoms with Crippen molar-refractivity contribution in [2.75, 3.05) is 19.6 Å². The summed E-state index contributed by atoms with van der Waals surface area (Å²) < 4.78 is 5.59. The van der Waals surface area contributed by atoms with Gasteiger partial charge in [0.1, 0.15) is 0 Å². The topological polar surface area (TPSA) is 75.4 Å². The van der Waals surface area contributed by atoms with Crippen molar-refractivity contribution in [1.82, 2.24) is 15.2 Å². The minimum Gasteiger partial charge on any atom is -0.449 e. The Kier molecular flexibility index (Phi) is 3.83. The van der Waals surface area contributed by atoms with E-state index in [2.05, 4.69) is 29.0 Å². The summed E-state index contributed by atoms with van der Waals surface area (Å²) in [6.45, 7) is 6.77. The lowest BCUT2D eigenvalue weighted by Gasteiger charge is -2.33. The first kappa shape index (κ1) is 17.7. The number of likely N-dealkylation sites (tertiary alicyclic amines) is 1. The summed E-state index contributed by atoms with van der Waals surface area (Å²) in [7, 11) is 0. The van der Waals surface area contributed by atoms with Gasteiger partial charge in [-0.05, 0) is 54.6 Å². The standard InChI is InChI=1S/C22H27N3O3/c1-21(2)11-16(21)20(27)25-7-4-22(5-8-25)10-15(22)12-24-19(26)17-9-14-3-6-23-13-18(14)28-17/h3,6,9,13,15-16H,4-5,7-8,10-12H2,1-2H3,(H,24,26). The zero-order chi connectivity index (χ0) is 19.5. The number of nitrogens with zero attached hydrogens (tertiary/aromatic N) is 2. The predicted octanol–water partition coefficient (Wildman–Crippen LogP) is 3.23. The molecule has 0 radical (unpaired) electrons. The van der Waals surface area contributed by atoms with Crippen molar-refractivity contribution < 1.29 is 14.0 Å². The largest absolute Gasteiger partial charge is 0.449 e. The first-order valence-electron chi connectivity index (χ1n) is 10.3. The summed E-state index contributed by atoms with van der Waals surface area (Å²) in [4.78, 5) is 31.1. The number of piperidine rings is 1. The maximum absolute atomic E-state index is 12.6. The van der Waals surface area contributed by atoms with Gasteiger partial charge in [-0.1, -0.05) is 13.8 Å². The fourth-order valence-corrected chi connectivity index (χ4v) is 4.91. The molecule has 28 heavy (non-hydrogen) atoms. The number of rotatable bonds is 4. The molecule has 2 amide bonds. The number of amides is 2. The fourth-order valence-electron chi connectivity index (χ4n) is 4.91. The molecule has 1 saturated heterocycles. The van der Waals surface area contributed by atoms with Crippen LogP contribution in [0.25, 0.3) is 11.0 Å². The van der Waals surface area contributed by atoms with E-state index in [1.54, 1.807) is 18.5 Å². The van der Waals surface area contributed by atoms with E-state index in [1.807, 2.05) is 6.07 Å². The number of carbonyl (C=O) groups excluding carboxylic acids is 2. The van der Waals surface area contributed by atoms with Crippen LogP contribution in [0.2, 0.25) is 0 Å². The van der Waals surface area contributed by atoms with Crippen LogP contribution in [0.15, 0.2) is 28.9 Å². The van der Waals surface area contributed by atoms with Crippen LogP contribution in [-0.2, 0) is 4.79 Å². The highest BCUT2D eigenvalue weighted by atomic mass is 16.3. The van der Waals surface area contributed by atoms with E-state index in [-0.39, 0.29) is 17.2 Å². The average molecular weight is 381 g/mol. The van der Waals surface area contributed by atoms with Gasteiger partial charge in [-0.25, -0.2) is 0 Å². The summed E-state index contributed by atoms with van der Waals surface area (Å²) in [5.41, 5.74) is 1.15. The Morgan fingerprint density at radius 1 is 1.29 bits per heavy atom. The summed E-state index contributed by atoms with van der Waals surface area (Å²) in [6.07, 6.45) is 7.61. The first-order valence-corrected chi connectivity index (χ1v) is 10.3. The average Bonchev–Trinajstić information content (AvgIpc) is 3.47. The molecule has 2 atom stereocenters. The molecule has 6 heteroatoms. The molecule has 2 saturated carbocycles. The number of hydrogen-bond donors (Lipinski definition) is 1. The van der Waals surface area contributed by atoms with Gasteiger partial charge in [0.25, 0.3) is 5.91 Å². The maximum atomic E-state index is 12.6. The van der Waals surface area contributed by atoms with Crippen molar-refractivity contribution in [2.45, 2.75) is 39.5 Å². The van der Waals surface area contributed by atoms with E-state index in [0.29, 0.717) is 35.1 Å². The van der Waals surface area contributed by atoms with Gasteiger partial charge in [0.15, 0.2) is 11.3 Å². The lowest BCUT2D eigenvalue weighted by atomic mass is 9.90. The van der Waals surface area contributed by atoms with Gasteiger partial charge in [0, 0.05) is 37.1 Å². The molecular formula is C22H27N3O3. The summed E-state index contributed by atoms with van der Waals surface area (Å²) >= 11 is 0. The monoisotopic (exact) mass is 381 g/mol. The number of furan rings is 1. The third kappa shape index (κ3) is 2.99. The minimum absolute atomic E-state index is 0.165. The molecule has 3 heterocycles. The third-order valence-electron chi connectivity index (χ3n) is 7.30. The van der Waals surface area contributed by atoms with E-state index >= 15 is 0 Å². The van der Waals surface area contributed by atoms with Crippen LogP contribution in [0.4, 0.5) is 0 Å². The van der Waals surface area contributed by atoms with Crippen LogP contribution in [0, 0.1) is 22.7 Å². The van der Waals surface area contributed by atoms with Crippen molar-refractivity contribution in [3.8, 4) is 0 Å². The molecule has 2 aliphatic carbocycles. The zero-order valence-corrected chi connectivity index (χ0v) is 16.5. The summed E-state index contributed by atoms with van der Waals surface area (Å²) in [5, 5.41) is 3.92. The van der Waals surface area contributed by atoms with Crippen molar-refractivity contribution >= 4 is 22.8 Å². The smallest absolute Gasteiger partial charge is 0.287 e. The second kappa shape index (κ2) is 6.06. The van der Waals surface area contributed by atoms with Gasteiger partial charge in [-0.2, -0.15) is 0 Å². The molecule has 0 bridgehead atoms. The third-order valence-corrected chi connectivity index (χ3v) is 7.30. The van der Waals surface area contributed by atoms with Crippen LogP contribution in [0.3, 0.4) is 0 Å². The van der Waals surface area contributed by atoms with Gasteiger partial charge in [0.2, 0.25) is 5.91 Å². The van der Waals surface area contributed by atoms with E-state index in [4.69, 9.17) is 4.42 Å². The van der Waals surface area contributed by atoms with Crippen LogP contribution < -0.4 is 5.32 Å². The van der Waals surface area contributed by atoms with E-state index in [0.717, 1.165) is 44.2 Å². The number of aromatic nitrogens is 1. The molecule has 1 spiro atoms. The Morgan fingerprint density at radius 2 is 2.04 bits per heavy atom. The summed E-state index contributed by atoms with van der Waals surface area (Å²) in [6, 6.07) is 3.60. The van der Waals surface area contributed by atoms with Gasteiger partial charge >= 0.3 is 0 Å². The summed E-state index contributed by atoms with van der Waals surface area (Å²) in [5.74, 6) is 1.27. The second-order valence-corrected chi connectivity index (χ2v) is 9.57. The number of hydrogen-bond acceptors (Lipinski definition) is 4. The van der Waals surface area contributed by atoms with E-state index < -0.39 is 0 Å². The Hall–Kier alpha value is -2.37. The molecule has 6 nitrogen and oxygen atoms in total. The molecule has 3 aliphatic rings. The second-order valence-electron chi connectivity index (χ2n) is 9.57. The first-order chi connectivity index (χ1) is 13.4. The number of fused-ring (bicyclic) bond motifs is 1. The Labute approximate surface area is 164 Å². The molecule has 0 aromatic carbocycles. The van der Waals surface area contributed by atoms with Gasteiger partial charge in [-0.3, -0.25) is 14.6 Å². The van der Waals surface area contributed by atoms with Crippen molar-refractivity contribution in [3.05, 3.63) is 30.3 Å². The van der Waals surface area contributed by atoms with Crippen molar-refractivity contribution in [1.29, 1.82) is 0 Å². The predicted molar refractivity (Wildman–Crippen MR) is 105 cm³/mol. The van der Waals surface area contributed by atoms with Crippen molar-refractivity contribution in [2.24, 2.45) is 22.7 Å². The molecule has 1 aliphatic heterocycles. The van der Waals surface area contributed by atoms with Crippen LogP contribution >= 0.6 is 0 Å². The SMILES string of the molecule is CC1(C)CC1C(=O)N1CCC2(CC1)CC2CNC(=O)c1cc2ccncc2o1. The van der Waals surface area contributed by atoms with E-state index in [9.17, 15) is 9.59 Å². The van der Waals surface area contributed by atoms with Gasteiger partial charge < -0.3 is 14.6 Å². The number of pyridine rings is 1. The Balaban J connectivity index is 1.12. The molecular weight excluding hydrogens is 354 g/mol. The van der Waals surface area contributed by atoms with Crippen molar-refractivity contribution in [3.63, 3.8) is 0 Å². The number of nitrogens with one attached hydrogen (secondary N) is 1. The normalized spacial score (nSPS) is 27.0. The molecule has 2 unspecified atom stereocenters. The zero-order valence-electron chi connectivity index (χ0n) is 16.5. The Morgan fingerprint density at radius 3 is 2.71 bits per heavy atom. The highest BCUT2D eigenvalue weighted by molar-refractivity contribution is 5.95. The lowest BCUT2D eigenvalue weighted by molar-refractivity contribution is -0.135. The van der Waals surface area contributed by atoms with E-state index in [1.165, 1.54) is 0 Å². The van der Waals surface area contributed by atoms with Gasteiger partial charge in [-0.15, -0.1) is 0 Å². The molecule has 3 fully saturated rings. The molecule has 5 rings (SSSR count). The van der Waals surface area contributed by atoms with Crippen LogP contribution in [-0.4, -0.2) is 41.3 Å². The lowest BCUT2D eigenvalue weighted by Crippen LogP contribution is -2.41.